The lowest BCUT2D eigenvalue weighted by molar-refractivity contribution is 0.0168. The van der Waals surface area contributed by atoms with E-state index < -0.39 is 5.60 Å². The number of nitrogens with zero attached hydrogens (tertiary/aromatic N) is 4. The standard InChI is InChI=1S/C27H44N4O2.C10H14O.C4H6/c1-10-14-16-28-21(5)25(23(12-3)24(13-4)29-15-11-2)22(6)30-17-19-31(20-18-30)26(32)33-27(7,8)9;1-3-5-9-6-4-7-10(8-9)11-2;1-3-4-2/h11-12,14-16H,10,13,17-20H2,1-9H3;4,6-8H,3,5H2,1-2H3;1H,4H2,2H3/b15-11-,16-14+,23-12-,25-22-,28-21+,29-24+;;. The van der Waals surface area contributed by atoms with Gasteiger partial charge in [-0.1, -0.05) is 64.5 Å². The van der Waals surface area contributed by atoms with Crippen LogP contribution in [-0.2, 0) is 11.2 Å². The van der Waals surface area contributed by atoms with Crippen LogP contribution in [0.1, 0.15) is 107 Å². The minimum Gasteiger partial charge on any atom is -0.497 e. The predicted molar refractivity (Wildman–Crippen MR) is 207 cm³/mol. The fourth-order valence-corrected chi connectivity index (χ4v) is 4.78. The summed E-state index contributed by atoms with van der Waals surface area (Å²) >= 11 is 0. The maximum atomic E-state index is 12.5. The number of piperazine rings is 1. The Morgan fingerprint density at radius 2 is 1.62 bits per heavy atom. The van der Waals surface area contributed by atoms with Gasteiger partial charge in [-0.3, -0.25) is 9.98 Å². The highest BCUT2D eigenvalue weighted by Crippen LogP contribution is 2.25. The van der Waals surface area contributed by atoms with Crippen molar-refractivity contribution in [3.8, 4) is 18.1 Å². The number of methoxy groups -OCH3 is 1. The van der Waals surface area contributed by atoms with Crippen molar-refractivity contribution in [3.63, 3.8) is 0 Å². The number of ether oxygens (including phenoxy) is 2. The van der Waals surface area contributed by atoms with Gasteiger partial charge in [-0.25, -0.2) is 4.79 Å². The quantitative estimate of drug-likeness (QED) is 0.135. The van der Waals surface area contributed by atoms with Gasteiger partial charge >= 0.3 is 6.09 Å². The monoisotopic (exact) mass is 660 g/mol. The van der Waals surface area contributed by atoms with E-state index in [-0.39, 0.29) is 6.09 Å². The van der Waals surface area contributed by atoms with Gasteiger partial charge in [-0.15, -0.1) is 12.3 Å². The first kappa shape index (κ1) is 43.9. The van der Waals surface area contributed by atoms with Gasteiger partial charge in [0.05, 0.1) is 7.11 Å². The van der Waals surface area contributed by atoms with E-state index in [4.69, 9.17) is 25.9 Å². The largest absolute Gasteiger partial charge is 0.497 e. The Morgan fingerprint density at radius 1 is 1.00 bits per heavy atom. The molecule has 0 spiro atoms. The lowest BCUT2D eigenvalue weighted by Gasteiger charge is -2.38. The zero-order valence-corrected chi connectivity index (χ0v) is 32.2. The number of carbonyl (C=O) groups is 1. The highest BCUT2D eigenvalue weighted by molar-refractivity contribution is 6.16. The van der Waals surface area contributed by atoms with Crippen LogP contribution in [0.3, 0.4) is 0 Å². The third-order valence-corrected chi connectivity index (χ3v) is 7.20. The molecular formula is C41H64N4O3. The van der Waals surface area contributed by atoms with Crippen molar-refractivity contribution in [2.75, 3.05) is 33.3 Å². The molecule has 0 aliphatic carbocycles. The molecule has 1 aromatic rings. The Bertz CT molecular complexity index is 1310. The molecule has 0 aromatic heterocycles. The van der Waals surface area contributed by atoms with Crippen molar-refractivity contribution in [1.29, 1.82) is 0 Å². The van der Waals surface area contributed by atoms with Crippen LogP contribution in [-0.4, -0.2) is 66.2 Å². The van der Waals surface area contributed by atoms with Crippen molar-refractivity contribution in [2.45, 2.75) is 114 Å². The molecule has 0 atom stereocenters. The van der Waals surface area contributed by atoms with Crippen LogP contribution in [0.4, 0.5) is 4.79 Å². The van der Waals surface area contributed by atoms with Crippen LogP contribution in [0.2, 0.25) is 0 Å². The summed E-state index contributed by atoms with van der Waals surface area (Å²) in [6, 6.07) is 8.22. The smallest absolute Gasteiger partial charge is 0.410 e. The van der Waals surface area contributed by atoms with Gasteiger partial charge in [-0.2, -0.15) is 0 Å². The number of rotatable bonds is 11. The zero-order valence-electron chi connectivity index (χ0n) is 32.2. The molecule has 0 radical (unpaired) electrons. The van der Waals surface area contributed by atoms with E-state index >= 15 is 0 Å². The van der Waals surface area contributed by atoms with Crippen LogP contribution in [0.15, 0.2) is 81.7 Å². The highest BCUT2D eigenvalue weighted by Gasteiger charge is 2.27. The lowest BCUT2D eigenvalue weighted by atomic mass is 9.93. The third kappa shape index (κ3) is 17.2. The topological polar surface area (TPSA) is 66.7 Å². The summed E-state index contributed by atoms with van der Waals surface area (Å²) in [4.78, 5) is 26.0. The van der Waals surface area contributed by atoms with Crippen LogP contribution < -0.4 is 4.74 Å². The summed E-state index contributed by atoms with van der Waals surface area (Å²) < 4.78 is 10.7. The third-order valence-electron chi connectivity index (χ3n) is 7.20. The van der Waals surface area contributed by atoms with E-state index in [2.05, 4.69) is 76.6 Å². The fraction of sp³-hybridized carbons (Fsp3) is 0.537. The molecule has 1 heterocycles. The first-order chi connectivity index (χ1) is 22.9. The van der Waals surface area contributed by atoms with Crippen LogP contribution in [0.5, 0.6) is 5.75 Å². The minimum atomic E-state index is -0.486. The summed E-state index contributed by atoms with van der Waals surface area (Å²) in [7, 11) is 1.70. The number of terminal acetylenes is 1. The molecule has 1 amide bonds. The molecule has 266 valence electrons. The van der Waals surface area contributed by atoms with Crippen LogP contribution in [0, 0.1) is 12.3 Å². The Labute approximate surface area is 293 Å². The second-order valence-corrected chi connectivity index (χ2v) is 12.2. The number of hydrogen-bond acceptors (Lipinski definition) is 6. The predicted octanol–water partition coefficient (Wildman–Crippen LogP) is 10.2. The second kappa shape index (κ2) is 25.0. The molecule has 1 saturated heterocycles. The summed E-state index contributed by atoms with van der Waals surface area (Å²) in [5.41, 5.74) is 6.22. The Balaban J connectivity index is 0.00000121. The number of aliphatic imine (C=N–C) groups is 2. The molecule has 48 heavy (non-hydrogen) atoms. The Hall–Kier alpha value is -4.05. The Kier molecular flexibility index (Phi) is 22.9. The number of hydrogen-bond donors (Lipinski definition) is 0. The minimum absolute atomic E-state index is 0.243. The number of carbonyl (C=O) groups excluding carboxylic acids is 1. The van der Waals surface area contributed by atoms with Crippen molar-refractivity contribution in [3.05, 3.63) is 77.3 Å². The molecule has 2 rings (SSSR count). The summed E-state index contributed by atoms with van der Waals surface area (Å²) in [5.74, 6) is 3.39. The highest BCUT2D eigenvalue weighted by atomic mass is 16.6. The number of benzene rings is 1. The second-order valence-electron chi connectivity index (χ2n) is 12.2. The molecule has 7 nitrogen and oxygen atoms in total. The Morgan fingerprint density at radius 3 is 2.10 bits per heavy atom. The van der Waals surface area contributed by atoms with Crippen LogP contribution in [0.25, 0.3) is 0 Å². The molecule has 1 aliphatic heterocycles. The summed E-state index contributed by atoms with van der Waals surface area (Å²) in [5, 5.41) is 0. The van der Waals surface area contributed by atoms with Gasteiger partial charge in [0.1, 0.15) is 11.4 Å². The van der Waals surface area contributed by atoms with Gasteiger partial charge in [0.15, 0.2) is 0 Å². The molecule has 1 aromatic carbocycles. The molecule has 7 heteroatoms. The van der Waals surface area contributed by atoms with Crippen molar-refractivity contribution >= 4 is 17.5 Å². The van der Waals surface area contributed by atoms with Crippen molar-refractivity contribution < 1.29 is 14.3 Å². The number of amides is 1. The van der Waals surface area contributed by atoms with E-state index in [0.717, 1.165) is 72.8 Å². The number of allylic oxidation sites excluding steroid dienone is 6. The van der Waals surface area contributed by atoms with E-state index in [0.29, 0.717) is 13.1 Å². The molecule has 0 N–H and O–H groups in total. The maximum absolute atomic E-state index is 12.5. The fourth-order valence-electron chi connectivity index (χ4n) is 4.78. The average Bonchev–Trinajstić information content (AvgIpc) is 3.07. The zero-order chi connectivity index (χ0) is 36.5. The molecule has 1 fully saturated rings. The molecule has 0 saturated carbocycles. The van der Waals surface area contributed by atoms with Gasteiger partial charge in [-0.05, 0) is 85.4 Å². The summed E-state index contributed by atoms with van der Waals surface area (Å²) in [6.45, 7) is 25.0. The van der Waals surface area contributed by atoms with Gasteiger partial charge in [0.2, 0.25) is 0 Å². The SMILES string of the molecule is C#CCC.CCCc1cccc(OC)c1.C\C=C/N=C(CC)/C(=C/C)C(/C(C)=N/C=C/CC)=C(/C)N1CCN(C(=O)OC(C)(C)C)CC1. The van der Waals surface area contributed by atoms with Crippen molar-refractivity contribution in [2.24, 2.45) is 9.98 Å². The first-order valence-corrected chi connectivity index (χ1v) is 17.4. The van der Waals surface area contributed by atoms with Crippen LogP contribution >= 0.6 is 0 Å². The normalized spacial score (nSPS) is 14.9. The molecule has 0 bridgehead atoms. The van der Waals surface area contributed by atoms with E-state index in [1.165, 1.54) is 12.0 Å². The molecular weight excluding hydrogens is 596 g/mol. The lowest BCUT2D eigenvalue weighted by Crippen LogP contribution is -2.49. The van der Waals surface area contributed by atoms with Crippen molar-refractivity contribution in [1.82, 2.24) is 9.80 Å². The summed E-state index contributed by atoms with van der Waals surface area (Å²) in [6.07, 6.45) is 19.3. The average molecular weight is 661 g/mol. The van der Waals surface area contributed by atoms with E-state index in [9.17, 15) is 4.79 Å². The van der Waals surface area contributed by atoms with Gasteiger partial charge in [0, 0.05) is 73.3 Å². The van der Waals surface area contributed by atoms with Gasteiger partial charge in [0.25, 0.3) is 0 Å². The molecule has 0 unspecified atom stereocenters. The first-order valence-electron chi connectivity index (χ1n) is 17.4. The van der Waals surface area contributed by atoms with E-state index in [1.807, 2.05) is 65.2 Å². The number of aryl methyl sites for hydroxylation is 1. The maximum Gasteiger partial charge on any atom is 0.410 e. The van der Waals surface area contributed by atoms with E-state index in [1.54, 1.807) is 12.0 Å². The molecule has 1 aliphatic rings. The van der Waals surface area contributed by atoms with Gasteiger partial charge < -0.3 is 19.3 Å².